The van der Waals surface area contributed by atoms with E-state index in [9.17, 15) is 4.79 Å². The maximum absolute atomic E-state index is 11.1. The van der Waals surface area contributed by atoms with E-state index >= 15 is 0 Å². The van der Waals surface area contributed by atoms with Gasteiger partial charge in [-0.1, -0.05) is 26.7 Å². The summed E-state index contributed by atoms with van der Waals surface area (Å²) in [5.74, 6) is 0.147. The molecule has 0 unspecified atom stereocenters. The molecule has 1 heterocycles. The fraction of sp³-hybridized carbons (Fsp3) is 0.909. The van der Waals surface area contributed by atoms with Crippen molar-refractivity contribution in [3.63, 3.8) is 0 Å². The van der Waals surface area contributed by atoms with Crippen LogP contribution >= 0.6 is 0 Å². The minimum Gasteiger partial charge on any atom is -0.434 e. The lowest BCUT2D eigenvalue weighted by Gasteiger charge is -2.19. The second-order valence-corrected chi connectivity index (χ2v) is 3.89. The first-order valence-electron chi connectivity index (χ1n) is 5.55. The van der Waals surface area contributed by atoms with E-state index < -0.39 is 0 Å². The minimum absolute atomic E-state index is 0.218. The third-order valence-corrected chi connectivity index (χ3v) is 2.74. The summed E-state index contributed by atoms with van der Waals surface area (Å²) in [6.07, 6.45) is 3.75. The van der Waals surface area contributed by atoms with E-state index in [1.165, 1.54) is 12.8 Å². The molecule has 0 aromatic heterocycles. The molecule has 14 heavy (non-hydrogen) atoms. The molecule has 3 heteroatoms. The zero-order chi connectivity index (χ0) is 10.6. The third kappa shape index (κ3) is 2.71. The number of unbranched alkanes of at least 4 members (excludes halogenated alkanes) is 1. The van der Waals surface area contributed by atoms with E-state index in [2.05, 4.69) is 13.8 Å². The van der Waals surface area contributed by atoms with Gasteiger partial charge in [0.25, 0.3) is 0 Å². The monoisotopic (exact) mass is 200 g/mol. The van der Waals surface area contributed by atoms with E-state index in [0.29, 0.717) is 5.92 Å². The Morgan fingerprint density at radius 1 is 1.43 bits per heavy atom. The van der Waals surface area contributed by atoms with Gasteiger partial charge in [-0.15, -0.1) is 0 Å². The quantitative estimate of drug-likeness (QED) is 0.640. The molecule has 1 rings (SSSR count). The van der Waals surface area contributed by atoms with E-state index in [1.807, 2.05) is 0 Å². The van der Waals surface area contributed by atoms with Gasteiger partial charge in [-0.2, -0.15) is 0 Å². The molecular weight excluding hydrogens is 180 g/mol. The van der Waals surface area contributed by atoms with Gasteiger partial charge in [0.1, 0.15) is 0 Å². The molecule has 1 aliphatic rings. The molecule has 0 amide bonds. The Hall–Kier alpha value is -0.570. The van der Waals surface area contributed by atoms with Crippen LogP contribution in [0.1, 0.15) is 46.5 Å². The van der Waals surface area contributed by atoms with Gasteiger partial charge in [0, 0.05) is 5.92 Å². The van der Waals surface area contributed by atoms with Crippen molar-refractivity contribution in [3.05, 3.63) is 0 Å². The van der Waals surface area contributed by atoms with Crippen molar-refractivity contribution in [2.45, 2.75) is 58.8 Å². The standard InChI is InChI=1S/C11H20O3/c1-4-6-7-9(5-2)11-13-8(3)10(12)14-11/h8-9,11H,4-7H2,1-3H3/t8-,9-,11+/m0/s1. The van der Waals surface area contributed by atoms with Crippen molar-refractivity contribution in [2.75, 3.05) is 0 Å². The maximum atomic E-state index is 11.1. The van der Waals surface area contributed by atoms with Crippen molar-refractivity contribution in [2.24, 2.45) is 5.92 Å². The molecule has 0 N–H and O–H groups in total. The number of ether oxygens (including phenoxy) is 2. The Labute approximate surface area is 85.8 Å². The highest BCUT2D eigenvalue weighted by Crippen LogP contribution is 2.26. The van der Waals surface area contributed by atoms with E-state index in [4.69, 9.17) is 9.47 Å². The first-order chi connectivity index (χ1) is 6.69. The molecule has 1 fully saturated rings. The molecule has 0 radical (unpaired) electrons. The Morgan fingerprint density at radius 3 is 2.57 bits per heavy atom. The Morgan fingerprint density at radius 2 is 2.14 bits per heavy atom. The van der Waals surface area contributed by atoms with E-state index in [-0.39, 0.29) is 18.4 Å². The highest BCUT2D eigenvalue weighted by atomic mass is 16.8. The van der Waals surface area contributed by atoms with Gasteiger partial charge in [0.2, 0.25) is 6.29 Å². The molecule has 3 atom stereocenters. The normalized spacial score (nSPS) is 28.9. The van der Waals surface area contributed by atoms with Crippen molar-refractivity contribution in [1.29, 1.82) is 0 Å². The minimum atomic E-state index is -0.379. The van der Waals surface area contributed by atoms with Crippen LogP contribution in [-0.4, -0.2) is 18.4 Å². The largest absolute Gasteiger partial charge is 0.434 e. The van der Waals surface area contributed by atoms with Crippen molar-refractivity contribution >= 4 is 5.97 Å². The molecule has 0 saturated carbocycles. The number of esters is 1. The van der Waals surface area contributed by atoms with Gasteiger partial charge in [-0.25, -0.2) is 4.79 Å². The molecule has 0 spiro atoms. The van der Waals surface area contributed by atoms with Crippen LogP contribution in [0.15, 0.2) is 0 Å². The SMILES string of the molecule is CCCC[C@H](CC)[C@H]1OC(=O)[C@H](C)O1. The summed E-state index contributed by atoms with van der Waals surface area (Å²) in [6, 6.07) is 0. The van der Waals surface area contributed by atoms with Gasteiger partial charge in [0.15, 0.2) is 6.10 Å². The van der Waals surface area contributed by atoms with Crippen LogP contribution in [0.2, 0.25) is 0 Å². The molecule has 0 aromatic rings. The Balaban J connectivity index is 2.41. The predicted octanol–water partition coefficient (Wildman–Crippen LogP) is 2.49. The number of cyclic esters (lactones) is 1. The van der Waals surface area contributed by atoms with Crippen LogP contribution in [0, 0.1) is 5.92 Å². The number of rotatable bonds is 5. The van der Waals surface area contributed by atoms with Crippen LogP contribution in [0.4, 0.5) is 0 Å². The van der Waals surface area contributed by atoms with Crippen LogP contribution in [0.5, 0.6) is 0 Å². The fourth-order valence-electron chi connectivity index (χ4n) is 1.70. The lowest BCUT2D eigenvalue weighted by atomic mass is 9.99. The van der Waals surface area contributed by atoms with Gasteiger partial charge < -0.3 is 9.47 Å². The number of hydrogen-bond donors (Lipinski definition) is 0. The molecule has 3 nitrogen and oxygen atoms in total. The first-order valence-corrected chi connectivity index (χ1v) is 5.55. The van der Waals surface area contributed by atoms with E-state index in [1.54, 1.807) is 6.92 Å². The second-order valence-electron chi connectivity index (χ2n) is 3.89. The molecule has 1 aliphatic heterocycles. The summed E-state index contributed by atoms with van der Waals surface area (Å²) < 4.78 is 10.6. The van der Waals surface area contributed by atoms with Gasteiger partial charge in [-0.3, -0.25) is 0 Å². The Kier molecular flexibility index (Phi) is 4.39. The van der Waals surface area contributed by atoms with Crippen LogP contribution in [0.25, 0.3) is 0 Å². The van der Waals surface area contributed by atoms with Gasteiger partial charge in [-0.05, 0) is 19.8 Å². The average molecular weight is 200 g/mol. The fourth-order valence-corrected chi connectivity index (χ4v) is 1.70. The zero-order valence-corrected chi connectivity index (χ0v) is 9.29. The average Bonchev–Trinajstić information content (AvgIpc) is 2.48. The maximum Gasteiger partial charge on any atom is 0.337 e. The molecule has 0 bridgehead atoms. The summed E-state index contributed by atoms with van der Waals surface area (Å²) in [5.41, 5.74) is 0. The van der Waals surface area contributed by atoms with Crippen LogP contribution in [0.3, 0.4) is 0 Å². The molecular formula is C11H20O3. The molecule has 0 aromatic carbocycles. The lowest BCUT2D eigenvalue weighted by Crippen LogP contribution is -2.21. The topological polar surface area (TPSA) is 35.5 Å². The van der Waals surface area contributed by atoms with E-state index in [0.717, 1.165) is 12.8 Å². The summed E-state index contributed by atoms with van der Waals surface area (Å²) in [7, 11) is 0. The van der Waals surface area contributed by atoms with Crippen molar-refractivity contribution in [3.8, 4) is 0 Å². The Bertz CT molecular complexity index is 191. The summed E-state index contributed by atoms with van der Waals surface area (Å²) in [5, 5.41) is 0. The van der Waals surface area contributed by atoms with Gasteiger partial charge in [0.05, 0.1) is 0 Å². The van der Waals surface area contributed by atoms with Gasteiger partial charge >= 0.3 is 5.97 Å². The van der Waals surface area contributed by atoms with Crippen molar-refractivity contribution in [1.82, 2.24) is 0 Å². The second kappa shape index (κ2) is 5.35. The van der Waals surface area contributed by atoms with Crippen LogP contribution in [-0.2, 0) is 14.3 Å². The molecule has 0 aliphatic carbocycles. The smallest absolute Gasteiger partial charge is 0.337 e. The van der Waals surface area contributed by atoms with Crippen LogP contribution < -0.4 is 0 Å². The first kappa shape index (κ1) is 11.5. The highest BCUT2D eigenvalue weighted by Gasteiger charge is 2.35. The predicted molar refractivity (Wildman–Crippen MR) is 53.7 cm³/mol. The summed E-state index contributed by atoms with van der Waals surface area (Å²) >= 11 is 0. The molecule has 1 saturated heterocycles. The number of carbonyl (C=O) groups excluding carboxylic acids is 1. The summed E-state index contributed by atoms with van der Waals surface area (Å²) in [6.45, 7) is 6.02. The zero-order valence-electron chi connectivity index (χ0n) is 9.29. The summed E-state index contributed by atoms with van der Waals surface area (Å²) in [4.78, 5) is 11.1. The molecule has 82 valence electrons. The number of hydrogen-bond acceptors (Lipinski definition) is 3. The van der Waals surface area contributed by atoms with Crippen molar-refractivity contribution < 1.29 is 14.3 Å². The third-order valence-electron chi connectivity index (χ3n) is 2.74. The highest BCUT2D eigenvalue weighted by molar-refractivity contribution is 5.75. The lowest BCUT2D eigenvalue weighted by molar-refractivity contribution is -0.148. The number of carbonyl (C=O) groups is 1.